The van der Waals surface area contributed by atoms with Crippen LogP contribution in [-0.2, 0) is 24.9 Å². The summed E-state index contributed by atoms with van der Waals surface area (Å²) >= 11 is 0. The summed E-state index contributed by atoms with van der Waals surface area (Å²) in [7, 11) is 0. The Morgan fingerprint density at radius 2 is 1.38 bits per heavy atom. The average molecular weight is 698 g/mol. The first-order chi connectivity index (χ1) is 18.5. The predicted molar refractivity (Wildman–Crippen MR) is 158 cm³/mol. The molecule has 1 radical (unpaired) electrons. The van der Waals surface area contributed by atoms with Crippen LogP contribution < -0.4 is 0 Å². The smallest absolute Gasteiger partial charge is 0.162 e. The van der Waals surface area contributed by atoms with E-state index in [9.17, 15) is 9.90 Å². The second-order valence-electron chi connectivity index (χ2n) is 9.64. The first kappa shape index (κ1) is 30.3. The number of carbonyl (C=O) groups excluding carboxylic acids is 1. The maximum absolute atomic E-state index is 11.7. The van der Waals surface area contributed by atoms with Crippen molar-refractivity contribution in [3.05, 3.63) is 96.9 Å². The second kappa shape index (κ2) is 14.2. The van der Waals surface area contributed by atoms with E-state index in [-0.39, 0.29) is 43.5 Å². The van der Waals surface area contributed by atoms with Gasteiger partial charge in [-0.15, -0.1) is 35.9 Å². The van der Waals surface area contributed by atoms with Crippen molar-refractivity contribution in [1.29, 1.82) is 0 Å². The number of ketones is 1. The standard InChI is InChI=1S/C21H13N2.C13H24O2.Ir/c1-2-8-15(9-3-1)21-22-14-20-18-12-5-4-10-16(18)17-11-6-7-13-19(17)23(20)21;1-5-10(6-2)12(14)9-13(15)11(7-3)8-4;/h1-8,10-14H;9-11,14H,5-8H2,1-4H3;/q-1;;/b;12-9-;. The maximum Gasteiger partial charge on any atom is 0.162 e. The van der Waals surface area contributed by atoms with Crippen LogP contribution in [0.4, 0.5) is 0 Å². The summed E-state index contributed by atoms with van der Waals surface area (Å²) in [6, 6.07) is 28.3. The molecule has 39 heavy (non-hydrogen) atoms. The summed E-state index contributed by atoms with van der Waals surface area (Å²) < 4.78 is 2.24. The maximum atomic E-state index is 11.7. The molecule has 0 atom stereocenters. The third-order valence-corrected chi connectivity index (χ3v) is 7.43. The zero-order valence-corrected chi connectivity index (χ0v) is 25.5. The van der Waals surface area contributed by atoms with E-state index in [2.05, 4.69) is 65.1 Å². The van der Waals surface area contributed by atoms with Gasteiger partial charge in [0.15, 0.2) is 5.78 Å². The largest absolute Gasteiger partial charge is 0.512 e. The number of imidazole rings is 1. The van der Waals surface area contributed by atoms with Crippen LogP contribution in [-0.4, -0.2) is 20.3 Å². The molecule has 4 nitrogen and oxygen atoms in total. The minimum absolute atomic E-state index is 0. The van der Waals surface area contributed by atoms with Gasteiger partial charge in [-0.25, -0.2) is 0 Å². The summed E-state index contributed by atoms with van der Waals surface area (Å²) in [5.41, 5.74) is 3.31. The Balaban J connectivity index is 0.000000233. The number of aromatic nitrogens is 2. The number of aliphatic hydroxyl groups is 1. The van der Waals surface area contributed by atoms with Gasteiger partial charge < -0.3 is 9.51 Å². The van der Waals surface area contributed by atoms with Gasteiger partial charge in [0, 0.05) is 60.5 Å². The molecular formula is C34H37IrN2O2-. The number of hydrogen-bond acceptors (Lipinski definition) is 3. The fourth-order valence-corrected chi connectivity index (χ4v) is 5.13. The Kier molecular flexibility index (Phi) is 11.0. The average Bonchev–Trinajstić information content (AvgIpc) is 3.41. The van der Waals surface area contributed by atoms with Gasteiger partial charge in [0.25, 0.3) is 0 Å². The van der Waals surface area contributed by atoms with Gasteiger partial charge in [0.2, 0.25) is 0 Å². The number of fused-ring (bicyclic) bond motifs is 6. The Bertz CT molecular complexity index is 1550. The molecule has 0 spiro atoms. The number of rotatable bonds is 8. The zero-order valence-electron chi connectivity index (χ0n) is 23.1. The van der Waals surface area contributed by atoms with E-state index in [1.807, 2.05) is 52.1 Å². The molecule has 0 saturated carbocycles. The molecule has 0 unspecified atom stereocenters. The van der Waals surface area contributed by atoms with Crippen LogP contribution in [0.25, 0.3) is 38.6 Å². The van der Waals surface area contributed by atoms with E-state index < -0.39 is 0 Å². The molecule has 0 fully saturated rings. The molecule has 0 amide bonds. The summed E-state index contributed by atoms with van der Waals surface area (Å²) in [5.74, 6) is 1.48. The van der Waals surface area contributed by atoms with Crippen LogP contribution in [0, 0.1) is 17.9 Å². The Labute approximate surface area is 245 Å². The van der Waals surface area contributed by atoms with Crippen LogP contribution in [0.2, 0.25) is 0 Å². The van der Waals surface area contributed by atoms with E-state index in [1.165, 1.54) is 27.8 Å². The number of pyridine rings is 1. The fourth-order valence-electron chi connectivity index (χ4n) is 5.13. The molecule has 0 saturated heterocycles. The van der Waals surface area contributed by atoms with Crippen LogP contribution in [0.3, 0.4) is 0 Å². The van der Waals surface area contributed by atoms with E-state index in [1.54, 1.807) is 0 Å². The van der Waals surface area contributed by atoms with Crippen molar-refractivity contribution in [3.63, 3.8) is 0 Å². The third kappa shape index (κ3) is 6.49. The molecule has 3 aromatic carbocycles. The molecule has 205 valence electrons. The topological polar surface area (TPSA) is 54.6 Å². The second-order valence-corrected chi connectivity index (χ2v) is 9.64. The Morgan fingerprint density at radius 1 is 0.821 bits per heavy atom. The molecule has 2 aromatic heterocycles. The van der Waals surface area contributed by atoms with Crippen molar-refractivity contribution in [2.75, 3.05) is 0 Å². The summed E-state index contributed by atoms with van der Waals surface area (Å²) in [4.78, 5) is 16.4. The van der Waals surface area contributed by atoms with Gasteiger partial charge in [0.1, 0.15) is 0 Å². The number of para-hydroxylation sites is 1. The molecule has 5 heteroatoms. The van der Waals surface area contributed by atoms with E-state index >= 15 is 0 Å². The normalized spacial score (nSPS) is 11.6. The predicted octanol–water partition coefficient (Wildman–Crippen LogP) is 8.98. The zero-order chi connectivity index (χ0) is 27.1. The van der Waals surface area contributed by atoms with Gasteiger partial charge in [-0.05, 0) is 37.1 Å². The molecular weight excluding hydrogens is 661 g/mol. The van der Waals surface area contributed by atoms with Gasteiger partial charge in [-0.1, -0.05) is 70.2 Å². The molecule has 2 heterocycles. The molecule has 0 aliphatic rings. The summed E-state index contributed by atoms with van der Waals surface area (Å²) in [6.45, 7) is 8.07. The van der Waals surface area contributed by atoms with Crippen LogP contribution in [0.1, 0.15) is 53.4 Å². The van der Waals surface area contributed by atoms with Gasteiger partial charge in [-0.2, -0.15) is 0 Å². The van der Waals surface area contributed by atoms with E-state index in [0.717, 1.165) is 42.6 Å². The number of carbonyl (C=O) groups is 1. The Hall–Kier alpha value is -3.27. The van der Waals surface area contributed by atoms with Crippen LogP contribution in [0.5, 0.6) is 0 Å². The van der Waals surface area contributed by atoms with Crippen molar-refractivity contribution in [3.8, 4) is 11.4 Å². The van der Waals surface area contributed by atoms with Gasteiger partial charge >= 0.3 is 0 Å². The first-order valence-corrected chi connectivity index (χ1v) is 13.7. The minimum atomic E-state index is 0. The third-order valence-electron chi connectivity index (χ3n) is 7.43. The van der Waals surface area contributed by atoms with Crippen molar-refractivity contribution < 1.29 is 30.0 Å². The van der Waals surface area contributed by atoms with Crippen molar-refractivity contribution in [1.82, 2.24) is 9.38 Å². The van der Waals surface area contributed by atoms with Crippen LogP contribution in [0.15, 0.2) is 90.8 Å². The fraction of sp³-hybridized carbons (Fsp3) is 0.294. The number of hydrogen-bond donors (Lipinski definition) is 1. The minimum Gasteiger partial charge on any atom is -0.512 e. The number of benzene rings is 3. The van der Waals surface area contributed by atoms with Crippen molar-refractivity contribution in [2.45, 2.75) is 53.4 Å². The van der Waals surface area contributed by atoms with Crippen molar-refractivity contribution >= 4 is 33.0 Å². The van der Waals surface area contributed by atoms with Gasteiger partial charge in [-0.3, -0.25) is 9.78 Å². The van der Waals surface area contributed by atoms with E-state index in [0.29, 0.717) is 0 Å². The van der Waals surface area contributed by atoms with Crippen LogP contribution >= 0.6 is 0 Å². The van der Waals surface area contributed by atoms with Crippen molar-refractivity contribution in [2.24, 2.45) is 11.8 Å². The van der Waals surface area contributed by atoms with Gasteiger partial charge in [0.05, 0.1) is 17.1 Å². The Morgan fingerprint density at radius 3 is 1.97 bits per heavy atom. The number of nitrogens with zero attached hydrogens (tertiary/aromatic N) is 2. The molecule has 0 aliphatic carbocycles. The summed E-state index contributed by atoms with van der Waals surface area (Å²) in [6.07, 6.45) is 6.87. The summed E-state index contributed by atoms with van der Waals surface area (Å²) in [5, 5.41) is 13.5. The molecule has 0 aliphatic heterocycles. The molecule has 1 N–H and O–H groups in total. The number of allylic oxidation sites excluding steroid dienone is 2. The molecule has 5 rings (SSSR count). The quantitative estimate of drug-likeness (QED) is 0.0763. The van der Waals surface area contributed by atoms with E-state index in [4.69, 9.17) is 4.98 Å². The SMILES string of the molecule is CCC(CC)C(=O)/C=C(\O)C(CC)CC.[Ir].[c-]1ccccc1-c1ncc2c3ccccc3c3ccccc3n12. The molecule has 0 bridgehead atoms. The molecule has 5 aromatic rings. The monoisotopic (exact) mass is 698 g/mol. The number of aliphatic hydroxyl groups excluding tert-OH is 1. The first-order valence-electron chi connectivity index (χ1n) is 13.7.